The van der Waals surface area contributed by atoms with Crippen LogP contribution in [0.15, 0.2) is 29.3 Å². The SMILES string of the molecule is Cc1sc2c(c1C)C(c1ccc(CCC#CN)cc1)=N[C@H](CC(=O)O)c1nnc(C)n1-2. The van der Waals surface area contributed by atoms with Gasteiger partial charge < -0.3 is 10.8 Å². The largest absolute Gasteiger partial charge is 0.481 e. The van der Waals surface area contributed by atoms with Crippen LogP contribution >= 0.6 is 11.3 Å². The molecule has 3 aromatic rings. The van der Waals surface area contributed by atoms with Crippen molar-refractivity contribution >= 4 is 23.0 Å². The molecule has 0 aliphatic carbocycles. The second-order valence-electron chi connectivity index (χ2n) is 7.51. The molecule has 4 rings (SSSR count). The highest BCUT2D eigenvalue weighted by Crippen LogP contribution is 2.39. The van der Waals surface area contributed by atoms with Crippen LogP contribution in [0.25, 0.3) is 5.00 Å². The third-order valence-electron chi connectivity index (χ3n) is 5.48. The highest BCUT2D eigenvalue weighted by Gasteiger charge is 2.32. The fourth-order valence-corrected chi connectivity index (χ4v) is 5.01. The minimum Gasteiger partial charge on any atom is -0.481 e. The van der Waals surface area contributed by atoms with Crippen molar-refractivity contribution < 1.29 is 9.90 Å². The molecule has 3 heterocycles. The standard InChI is InChI=1S/C23H23N5O2S/c1-13-14(2)31-23-20(13)21(17-9-7-16(8-10-17)6-4-5-11-24)25-18(12-19(29)30)22-27-26-15(3)28(22)23/h7-10,18H,4,6,12,24H2,1-3H3,(H,29,30)/t18-/m1/s1. The Balaban J connectivity index is 1.87. The Hall–Kier alpha value is -3.44. The van der Waals surface area contributed by atoms with E-state index in [1.807, 2.05) is 23.6 Å². The van der Waals surface area contributed by atoms with Gasteiger partial charge in [-0.2, -0.15) is 0 Å². The second kappa shape index (κ2) is 8.36. The van der Waals surface area contributed by atoms with Crippen molar-refractivity contribution in [1.29, 1.82) is 0 Å². The molecule has 2 aromatic heterocycles. The fraction of sp³-hybridized carbons (Fsp3) is 0.304. The molecule has 31 heavy (non-hydrogen) atoms. The third-order valence-corrected chi connectivity index (χ3v) is 6.67. The molecule has 0 radical (unpaired) electrons. The summed E-state index contributed by atoms with van der Waals surface area (Å²) in [7, 11) is 0. The van der Waals surface area contributed by atoms with Crippen LogP contribution in [0.5, 0.6) is 0 Å². The summed E-state index contributed by atoms with van der Waals surface area (Å²) in [5.41, 5.74) is 10.3. The van der Waals surface area contributed by atoms with Crippen molar-refractivity contribution in [3.63, 3.8) is 0 Å². The molecule has 3 N–H and O–H groups in total. The maximum atomic E-state index is 11.6. The molecule has 1 aliphatic heterocycles. The van der Waals surface area contributed by atoms with Gasteiger partial charge in [0.2, 0.25) is 0 Å². The Bertz CT molecular complexity index is 1240. The van der Waals surface area contributed by atoms with E-state index in [4.69, 9.17) is 10.7 Å². The lowest BCUT2D eigenvalue weighted by Crippen LogP contribution is -2.10. The number of carbonyl (C=O) groups is 1. The average molecular weight is 434 g/mol. The summed E-state index contributed by atoms with van der Waals surface area (Å²) in [6.45, 7) is 6.05. The van der Waals surface area contributed by atoms with Crippen LogP contribution in [0.1, 0.15) is 57.7 Å². The maximum Gasteiger partial charge on any atom is 0.306 e. The number of aliphatic imine (C=N–C) groups is 1. The van der Waals surface area contributed by atoms with Gasteiger partial charge in [0.1, 0.15) is 16.9 Å². The number of fused-ring (bicyclic) bond motifs is 3. The van der Waals surface area contributed by atoms with E-state index in [9.17, 15) is 9.90 Å². The predicted molar refractivity (Wildman–Crippen MR) is 121 cm³/mol. The Kier molecular flexibility index (Phi) is 5.61. The number of hydrogen-bond acceptors (Lipinski definition) is 6. The molecule has 0 fully saturated rings. The number of carboxylic acids is 1. The summed E-state index contributed by atoms with van der Waals surface area (Å²) in [5, 5.41) is 19.0. The lowest BCUT2D eigenvalue weighted by molar-refractivity contribution is -0.137. The van der Waals surface area contributed by atoms with Crippen molar-refractivity contribution in [2.75, 3.05) is 0 Å². The molecule has 158 valence electrons. The highest BCUT2D eigenvalue weighted by atomic mass is 32.1. The van der Waals surface area contributed by atoms with Gasteiger partial charge in [-0.3, -0.25) is 14.4 Å². The van der Waals surface area contributed by atoms with Crippen LogP contribution in [0.4, 0.5) is 0 Å². The van der Waals surface area contributed by atoms with Crippen molar-refractivity contribution in [3.8, 4) is 17.0 Å². The molecule has 7 nitrogen and oxygen atoms in total. The maximum absolute atomic E-state index is 11.6. The fourth-order valence-electron chi connectivity index (χ4n) is 3.80. The van der Waals surface area contributed by atoms with E-state index in [1.54, 1.807) is 11.3 Å². The first-order valence-electron chi connectivity index (χ1n) is 10.0. The number of nitrogens with zero attached hydrogens (tertiary/aromatic N) is 4. The van der Waals surface area contributed by atoms with E-state index < -0.39 is 12.0 Å². The van der Waals surface area contributed by atoms with E-state index in [0.717, 1.165) is 45.2 Å². The molecule has 1 aliphatic rings. The van der Waals surface area contributed by atoms with Crippen molar-refractivity contribution in [3.05, 3.63) is 63.0 Å². The summed E-state index contributed by atoms with van der Waals surface area (Å²) >= 11 is 1.66. The van der Waals surface area contributed by atoms with Gasteiger partial charge in [0.05, 0.1) is 12.1 Å². The summed E-state index contributed by atoms with van der Waals surface area (Å²) in [6, 6.07) is 10.0. The monoisotopic (exact) mass is 433 g/mol. The number of thiophene rings is 1. The van der Waals surface area contributed by atoms with Gasteiger partial charge in [0.25, 0.3) is 0 Å². The number of aryl methyl sites for hydroxylation is 3. The smallest absolute Gasteiger partial charge is 0.306 e. The van der Waals surface area contributed by atoms with Crippen LogP contribution in [0, 0.1) is 32.7 Å². The number of benzene rings is 1. The van der Waals surface area contributed by atoms with E-state index in [-0.39, 0.29) is 6.42 Å². The number of aromatic nitrogens is 3. The number of nitrogens with two attached hydrogens (primary N) is 1. The lowest BCUT2D eigenvalue weighted by atomic mass is 9.98. The van der Waals surface area contributed by atoms with Gasteiger partial charge in [-0.05, 0) is 38.3 Å². The molecule has 1 aromatic carbocycles. The first kappa shape index (κ1) is 20.8. The van der Waals surface area contributed by atoms with E-state index in [0.29, 0.717) is 12.2 Å². The molecular weight excluding hydrogens is 410 g/mol. The third kappa shape index (κ3) is 3.84. The topological polar surface area (TPSA) is 106 Å². The van der Waals surface area contributed by atoms with E-state index in [1.165, 1.54) is 4.88 Å². The first-order valence-corrected chi connectivity index (χ1v) is 10.8. The van der Waals surface area contributed by atoms with Crippen molar-refractivity contribution in [2.24, 2.45) is 10.7 Å². The molecule has 0 bridgehead atoms. The van der Waals surface area contributed by atoms with Crippen molar-refractivity contribution in [1.82, 2.24) is 14.8 Å². The second-order valence-corrected chi connectivity index (χ2v) is 8.72. The number of aliphatic carboxylic acids is 1. The van der Waals surface area contributed by atoms with Crippen molar-refractivity contribution in [2.45, 2.75) is 46.1 Å². The van der Waals surface area contributed by atoms with Gasteiger partial charge in [0.15, 0.2) is 5.82 Å². The Morgan fingerprint density at radius 1 is 1.23 bits per heavy atom. The van der Waals surface area contributed by atoms with Gasteiger partial charge >= 0.3 is 5.97 Å². The van der Waals surface area contributed by atoms with E-state index in [2.05, 4.69) is 48.1 Å². The summed E-state index contributed by atoms with van der Waals surface area (Å²) < 4.78 is 1.96. The normalized spacial score (nSPS) is 14.7. The quantitative estimate of drug-likeness (QED) is 0.473. The number of hydrogen-bond donors (Lipinski definition) is 2. The Morgan fingerprint density at radius 2 is 1.97 bits per heavy atom. The molecule has 0 amide bonds. The summed E-state index contributed by atoms with van der Waals surface area (Å²) in [4.78, 5) is 17.7. The Labute approximate surface area is 184 Å². The van der Waals surface area contributed by atoms with Crippen LogP contribution in [0.2, 0.25) is 0 Å². The predicted octanol–water partition coefficient (Wildman–Crippen LogP) is 3.47. The van der Waals surface area contributed by atoms with Crippen LogP contribution < -0.4 is 5.73 Å². The van der Waals surface area contributed by atoms with Gasteiger partial charge in [-0.25, -0.2) is 0 Å². The summed E-state index contributed by atoms with van der Waals surface area (Å²) in [6.07, 6.45) is 1.38. The molecular formula is C23H23N5O2S. The zero-order valence-corrected chi connectivity index (χ0v) is 18.5. The molecule has 0 spiro atoms. The number of carboxylic acid groups (broad SMARTS) is 1. The number of rotatable bonds is 5. The highest BCUT2D eigenvalue weighted by molar-refractivity contribution is 7.15. The van der Waals surface area contributed by atoms with Gasteiger partial charge in [0, 0.05) is 28.5 Å². The van der Waals surface area contributed by atoms with Crippen LogP contribution in [-0.2, 0) is 11.2 Å². The molecule has 0 saturated carbocycles. The molecule has 0 unspecified atom stereocenters. The zero-order valence-electron chi connectivity index (χ0n) is 17.6. The zero-order chi connectivity index (χ0) is 22.1. The summed E-state index contributed by atoms with van der Waals surface area (Å²) in [5.74, 6) is 3.24. The molecule has 1 atom stereocenters. The Morgan fingerprint density at radius 3 is 2.65 bits per heavy atom. The molecule has 0 saturated heterocycles. The first-order chi connectivity index (χ1) is 14.9. The lowest BCUT2D eigenvalue weighted by Gasteiger charge is -2.11. The average Bonchev–Trinajstić information content (AvgIpc) is 3.21. The van der Waals surface area contributed by atoms with Gasteiger partial charge in [-0.1, -0.05) is 30.2 Å². The van der Waals surface area contributed by atoms with Crippen LogP contribution in [0.3, 0.4) is 0 Å². The minimum absolute atomic E-state index is 0.148. The van der Waals surface area contributed by atoms with Gasteiger partial charge in [-0.15, -0.1) is 21.5 Å². The molecule has 8 heteroatoms. The van der Waals surface area contributed by atoms with Crippen LogP contribution in [-0.4, -0.2) is 31.6 Å². The minimum atomic E-state index is -0.921. The van der Waals surface area contributed by atoms with E-state index >= 15 is 0 Å².